The Morgan fingerprint density at radius 3 is 2.18 bits per heavy atom. The van der Waals surface area contributed by atoms with Gasteiger partial charge in [0.05, 0.1) is 5.54 Å². The average Bonchev–Trinajstić information content (AvgIpc) is 2.74. The van der Waals surface area contributed by atoms with Crippen molar-refractivity contribution in [3.63, 3.8) is 0 Å². The number of halogens is 2. The molecule has 0 heterocycles. The molecular formula is C8H15F2N. The average molecular weight is 163 g/mol. The molecule has 1 nitrogen and oxygen atoms in total. The summed E-state index contributed by atoms with van der Waals surface area (Å²) in [6.07, 6.45) is 0.203. The summed E-state index contributed by atoms with van der Waals surface area (Å²) in [7, 11) is 1.63. The van der Waals surface area contributed by atoms with E-state index < -0.39 is 12.0 Å². The van der Waals surface area contributed by atoms with Crippen LogP contribution in [0, 0.1) is 5.92 Å². The van der Waals surface area contributed by atoms with Crippen molar-refractivity contribution in [2.24, 2.45) is 5.92 Å². The van der Waals surface area contributed by atoms with Crippen LogP contribution in [0.4, 0.5) is 8.78 Å². The van der Waals surface area contributed by atoms with Crippen molar-refractivity contribution in [3.05, 3.63) is 0 Å². The minimum Gasteiger partial charge on any atom is -0.309 e. The zero-order valence-corrected chi connectivity index (χ0v) is 7.03. The van der Waals surface area contributed by atoms with E-state index in [1.807, 2.05) is 6.92 Å². The van der Waals surface area contributed by atoms with Crippen molar-refractivity contribution in [3.8, 4) is 0 Å². The molecule has 0 aliphatic heterocycles. The largest absolute Gasteiger partial charge is 0.309 e. The predicted molar refractivity (Wildman–Crippen MR) is 40.8 cm³/mol. The van der Waals surface area contributed by atoms with Crippen molar-refractivity contribution < 1.29 is 8.78 Å². The van der Waals surface area contributed by atoms with E-state index in [1.54, 1.807) is 7.05 Å². The van der Waals surface area contributed by atoms with Gasteiger partial charge in [-0.15, -0.1) is 0 Å². The van der Waals surface area contributed by atoms with Crippen LogP contribution in [0.5, 0.6) is 0 Å². The monoisotopic (exact) mass is 163 g/mol. The molecule has 0 aromatic rings. The van der Waals surface area contributed by atoms with Gasteiger partial charge in [0.15, 0.2) is 0 Å². The van der Waals surface area contributed by atoms with Crippen LogP contribution in [0.1, 0.15) is 26.2 Å². The lowest BCUT2D eigenvalue weighted by Gasteiger charge is -2.31. The Balaban J connectivity index is 2.65. The fraction of sp³-hybridized carbons (Fsp3) is 1.00. The molecule has 1 fully saturated rings. The minimum atomic E-state index is -2.23. The van der Waals surface area contributed by atoms with Crippen LogP contribution >= 0.6 is 0 Å². The standard InChI is InChI=1S/C8H15F2N/c1-3-8(11-2,7(9)10)6-4-5-6/h6-7,11H,3-5H2,1-2H3. The lowest BCUT2D eigenvalue weighted by Crippen LogP contribution is -2.51. The maximum atomic E-state index is 12.6. The molecule has 66 valence electrons. The fourth-order valence-corrected chi connectivity index (χ4v) is 1.71. The quantitative estimate of drug-likeness (QED) is 0.668. The molecule has 3 heteroatoms. The maximum Gasteiger partial charge on any atom is 0.256 e. The lowest BCUT2D eigenvalue weighted by molar-refractivity contribution is 0.0178. The third-order valence-corrected chi connectivity index (χ3v) is 2.75. The SMILES string of the molecule is CCC(NC)(C(F)F)C1CC1. The zero-order chi connectivity index (χ0) is 8.48. The second-order valence-electron chi connectivity index (χ2n) is 3.22. The van der Waals surface area contributed by atoms with Gasteiger partial charge in [0, 0.05) is 0 Å². The van der Waals surface area contributed by atoms with Gasteiger partial charge in [0.25, 0.3) is 6.43 Å². The summed E-state index contributed by atoms with van der Waals surface area (Å²) in [5.41, 5.74) is -0.889. The summed E-state index contributed by atoms with van der Waals surface area (Å²) >= 11 is 0. The summed E-state index contributed by atoms with van der Waals surface area (Å²) in [4.78, 5) is 0. The fourth-order valence-electron chi connectivity index (χ4n) is 1.71. The van der Waals surface area contributed by atoms with E-state index in [1.165, 1.54) is 0 Å². The van der Waals surface area contributed by atoms with E-state index in [4.69, 9.17) is 0 Å². The molecule has 0 aromatic carbocycles. The Morgan fingerprint density at radius 1 is 1.55 bits per heavy atom. The van der Waals surface area contributed by atoms with Crippen molar-refractivity contribution in [1.82, 2.24) is 5.32 Å². The van der Waals surface area contributed by atoms with E-state index in [9.17, 15) is 8.78 Å². The first-order valence-electron chi connectivity index (χ1n) is 4.14. The number of hydrogen-bond donors (Lipinski definition) is 1. The molecule has 0 radical (unpaired) electrons. The summed E-state index contributed by atoms with van der Waals surface area (Å²) in [5, 5.41) is 2.78. The van der Waals surface area contributed by atoms with Crippen molar-refractivity contribution in [2.75, 3.05) is 7.05 Å². The molecule has 1 aliphatic carbocycles. The van der Waals surface area contributed by atoms with Gasteiger partial charge < -0.3 is 5.32 Å². The molecule has 0 bridgehead atoms. The van der Waals surface area contributed by atoms with Gasteiger partial charge in [-0.3, -0.25) is 0 Å². The molecule has 1 rings (SSSR count). The van der Waals surface area contributed by atoms with Gasteiger partial charge in [0.2, 0.25) is 0 Å². The molecule has 0 saturated heterocycles. The maximum absolute atomic E-state index is 12.6. The molecule has 1 N–H and O–H groups in total. The zero-order valence-electron chi connectivity index (χ0n) is 7.03. The third kappa shape index (κ3) is 1.39. The minimum absolute atomic E-state index is 0.206. The normalized spacial score (nSPS) is 23.7. The van der Waals surface area contributed by atoms with Crippen LogP contribution in [-0.4, -0.2) is 19.0 Å². The highest BCUT2D eigenvalue weighted by Crippen LogP contribution is 2.44. The van der Waals surface area contributed by atoms with Crippen LogP contribution in [0.25, 0.3) is 0 Å². The molecule has 0 aromatic heterocycles. The van der Waals surface area contributed by atoms with E-state index >= 15 is 0 Å². The number of rotatable bonds is 4. The van der Waals surface area contributed by atoms with Crippen LogP contribution in [0.15, 0.2) is 0 Å². The third-order valence-electron chi connectivity index (χ3n) is 2.75. The summed E-state index contributed by atoms with van der Waals surface area (Å²) in [6.45, 7) is 1.82. The molecule has 1 saturated carbocycles. The Labute approximate surface area is 66.2 Å². The van der Waals surface area contributed by atoms with E-state index in [2.05, 4.69) is 5.32 Å². The molecular weight excluding hydrogens is 148 g/mol. The first-order valence-corrected chi connectivity index (χ1v) is 4.14. The second kappa shape index (κ2) is 3.05. The van der Waals surface area contributed by atoms with Crippen LogP contribution in [0.2, 0.25) is 0 Å². The van der Waals surface area contributed by atoms with Gasteiger partial charge in [-0.2, -0.15) is 0 Å². The van der Waals surface area contributed by atoms with Gasteiger partial charge >= 0.3 is 0 Å². The number of nitrogens with one attached hydrogen (secondary N) is 1. The Hall–Kier alpha value is -0.180. The number of alkyl halides is 2. The highest BCUT2D eigenvalue weighted by molar-refractivity contribution is 5.01. The molecule has 1 atom stereocenters. The topological polar surface area (TPSA) is 12.0 Å². The summed E-state index contributed by atoms with van der Waals surface area (Å²) in [5.74, 6) is 0.206. The Morgan fingerprint density at radius 2 is 2.09 bits per heavy atom. The van der Waals surface area contributed by atoms with Crippen molar-refractivity contribution in [1.29, 1.82) is 0 Å². The smallest absolute Gasteiger partial charge is 0.256 e. The lowest BCUT2D eigenvalue weighted by atomic mass is 9.91. The highest BCUT2D eigenvalue weighted by atomic mass is 19.3. The predicted octanol–water partition coefficient (Wildman–Crippen LogP) is 2.03. The van der Waals surface area contributed by atoms with Gasteiger partial charge in [0.1, 0.15) is 0 Å². The number of hydrogen-bond acceptors (Lipinski definition) is 1. The van der Waals surface area contributed by atoms with E-state index in [0.29, 0.717) is 6.42 Å². The van der Waals surface area contributed by atoms with Gasteiger partial charge in [-0.05, 0) is 32.2 Å². The molecule has 1 unspecified atom stereocenters. The van der Waals surface area contributed by atoms with Crippen LogP contribution in [0.3, 0.4) is 0 Å². The van der Waals surface area contributed by atoms with E-state index in [-0.39, 0.29) is 5.92 Å². The van der Waals surface area contributed by atoms with Gasteiger partial charge in [-0.1, -0.05) is 6.92 Å². The second-order valence-corrected chi connectivity index (χ2v) is 3.22. The first kappa shape index (κ1) is 8.91. The Kier molecular flexibility index (Phi) is 2.47. The summed E-state index contributed by atoms with van der Waals surface area (Å²) < 4.78 is 25.2. The van der Waals surface area contributed by atoms with E-state index in [0.717, 1.165) is 12.8 Å². The van der Waals surface area contributed by atoms with Gasteiger partial charge in [-0.25, -0.2) is 8.78 Å². The van der Waals surface area contributed by atoms with Crippen molar-refractivity contribution in [2.45, 2.75) is 38.2 Å². The summed E-state index contributed by atoms with van der Waals surface area (Å²) in [6, 6.07) is 0. The van der Waals surface area contributed by atoms with Crippen molar-refractivity contribution >= 4 is 0 Å². The molecule has 0 amide bonds. The van der Waals surface area contributed by atoms with Crippen LogP contribution < -0.4 is 5.32 Å². The Bertz CT molecular complexity index is 124. The molecule has 0 spiro atoms. The van der Waals surface area contributed by atoms with Crippen LogP contribution in [-0.2, 0) is 0 Å². The molecule has 11 heavy (non-hydrogen) atoms. The first-order chi connectivity index (χ1) is 5.17. The highest BCUT2D eigenvalue weighted by Gasteiger charge is 2.49. The molecule has 1 aliphatic rings.